The molecule has 2 rings (SSSR count). The zero-order valence-electron chi connectivity index (χ0n) is 11.6. The summed E-state index contributed by atoms with van der Waals surface area (Å²) in [6.07, 6.45) is 3.98. The smallest absolute Gasteiger partial charge is 0.123 e. The molecule has 1 aromatic heterocycles. The van der Waals surface area contributed by atoms with Crippen molar-refractivity contribution < 1.29 is 4.74 Å². The van der Waals surface area contributed by atoms with Crippen LogP contribution in [0, 0.1) is 0 Å². The van der Waals surface area contributed by atoms with Crippen LogP contribution < -0.4 is 5.73 Å². The molecule has 0 aliphatic carbocycles. The molecule has 1 atom stereocenters. The van der Waals surface area contributed by atoms with Crippen molar-refractivity contribution in [3.63, 3.8) is 0 Å². The lowest BCUT2D eigenvalue weighted by Gasteiger charge is -2.39. The van der Waals surface area contributed by atoms with Gasteiger partial charge in [0.05, 0.1) is 5.60 Å². The van der Waals surface area contributed by atoms with Crippen LogP contribution in [0.5, 0.6) is 0 Å². The van der Waals surface area contributed by atoms with E-state index in [2.05, 4.69) is 16.8 Å². The highest BCUT2D eigenvalue weighted by atomic mass is 32.1. The lowest BCUT2D eigenvalue weighted by Crippen LogP contribution is -2.47. The van der Waals surface area contributed by atoms with E-state index in [-0.39, 0.29) is 5.60 Å². The van der Waals surface area contributed by atoms with Gasteiger partial charge in [0.15, 0.2) is 0 Å². The molecule has 0 amide bonds. The van der Waals surface area contributed by atoms with E-state index >= 15 is 0 Å². The molecule has 0 aromatic carbocycles. The molecular weight excluding hydrogens is 258 g/mol. The molecular formula is C14H21N3OS. The highest BCUT2D eigenvalue weighted by Crippen LogP contribution is 2.25. The average molecular weight is 279 g/mol. The van der Waals surface area contributed by atoms with Gasteiger partial charge < -0.3 is 10.5 Å². The summed E-state index contributed by atoms with van der Waals surface area (Å²) < 4.78 is 5.62. The molecule has 1 aromatic rings. The zero-order valence-corrected chi connectivity index (χ0v) is 12.4. The standard InChI is InChI=1S/C14H21N3OS/c1-14(18-2)6-4-8-17(10-14)9-11-5-3-7-16-12(11)13(15)19/h3,5,7H,4,6,8-10H2,1-2H3,(H2,15,19). The third kappa shape index (κ3) is 3.49. The van der Waals surface area contributed by atoms with Crippen molar-refractivity contribution in [1.29, 1.82) is 0 Å². The summed E-state index contributed by atoms with van der Waals surface area (Å²) in [5.74, 6) is 0. The first-order valence-corrected chi connectivity index (χ1v) is 6.96. The molecule has 2 N–H and O–H groups in total. The first-order chi connectivity index (χ1) is 9.04. The minimum atomic E-state index is -0.0517. The molecule has 1 aliphatic heterocycles. The van der Waals surface area contributed by atoms with Crippen molar-refractivity contribution >= 4 is 17.2 Å². The van der Waals surface area contributed by atoms with Gasteiger partial charge in [0.2, 0.25) is 0 Å². The van der Waals surface area contributed by atoms with Gasteiger partial charge in [0.25, 0.3) is 0 Å². The van der Waals surface area contributed by atoms with Crippen LogP contribution in [0.25, 0.3) is 0 Å². The molecule has 19 heavy (non-hydrogen) atoms. The molecule has 1 unspecified atom stereocenters. The number of nitrogens with two attached hydrogens (primary N) is 1. The summed E-state index contributed by atoms with van der Waals surface area (Å²) >= 11 is 5.06. The number of piperidine rings is 1. The van der Waals surface area contributed by atoms with E-state index in [1.807, 2.05) is 12.1 Å². The Morgan fingerprint density at radius 1 is 1.63 bits per heavy atom. The third-order valence-electron chi connectivity index (χ3n) is 3.75. The Morgan fingerprint density at radius 3 is 3.11 bits per heavy atom. The molecule has 104 valence electrons. The van der Waals surface area contributed by atoms with Crippen molar-refractivity contribution in [3.8, 4) is 0 Å². The zero-order chi connectivity index (χ0) is 13.9. The van der Waals surface area contributed by atoms with Crippen molar-refractivity contribution in [1.82, 2.24) is 9.88 Å². The first-order valence-electron chi connectivity index (χ1n) is 6.55. The van der Waals surface area contributed by atoms with E-state index in [0.29, 0.717) is 4.99 Å². The number of likely N-dealkylation sites (tertiary alicyclic amines) is 1. The molecule has 5 heteroatoms. The number of thiocarbonyl (C=S) groups is 1. The number of hydrogen-bond donors (Lipinski definition) is 1. The number of nitrogens with zero attached hydrogens (tertiary/aromatic N) is 2. The van der Waals surface area contributed by atoms with Gasteiger partial charge in [-0.1, -0.05) is 18.3 Å². The lowest BCUT2D eigenvalue weighted by molar-refractivity contribution is -0.0527. The molecule has 1 aliphatic rings. The van der Waals surface area contributed by atoms with E-state index in [1.54, 1.807) is 13.3 Å². The monoisotopic (exact) mass is 279 g/mol. The summed E-state index contributed by atoms with van der Waals surface area (Å²) in [4.78, 5) is 7.02. The highest BCUT2D eigenvalue weighted by molar-refractivity contribution is 7.80. The summed E-state index contributed by atoms with van der Waals surface area (Å²) in [6, 6.07) is 3.97. The first kappa shape index (κ1) is 14.4. The van der Waals surface area contributed by atoms with Crippen LogP contribution in [0.15, 0.2) is 18.3 Å². The van der Waals surface area contributed by atoms with Crippen LogP contribution in [0.1, 0.15) is 31.0 Å². The molecule has 0 saturated carbocycles. The number of pyridine rings is 1. The minimum Gasteiger partial charge on any atom is -0.388 e. The second kappa shape index (κ2) is 5.94. The maximum Gasteiger partial charge on any atom is 0.123 e. The van der Waals surface area contributed by atoms with E-state index in [0.717, 1.165) is 43.7 Å². The van der Waals surface area contributed by atoms with Crippen LogP contribution in [0.4, 0.5) is 0 Å². The van der Waals surface area contributed by atoms with Gasteiger partial charge in [-0.05, 0) is 37.9 Å². The van der Waals surface area contributed by atoms with Crippen LogP contribution in [0.2, 0.25) is 0 Å². The Balaban J connectivity index is 2.11. The van der Waals surface area contributed by atoms with Gasteiger partial charge >= 0.3 is 0 Å². The van der Waals surface area contributed by atoms with Crippen molar-refractivity contribution in [2.45, 2.75) is 31.9 Å². The summed E-state index contributed by atoms with van der Waals surface area (Å²) in [7, 11) is 1.79. The van der Waals surface area contributed by atoms with Crippen molar-refractivity contribution in [2.75, 3.05) is 20.2 Å². The summed E-state index contributed by atoms with van der Waals surface area (Å²) in [5.41, 5.74) is 7.50. The molecule has 1 fully saturated rings. The molecule has 0 bridgehead atoms. The number of ether oxygens (including phenoxy) is 1. The fourth-order valence-electron chi connectivity index (χ4n) is 2.64. The van der Waals surface area contributed by atoms with E-state index in [4.69, 9.17) is 22.7 Å². The predicted molar refractivity (Wildman–Crippen MR) is 80.0 cm³/mol. The van der Waals surface area contributed by atoms with Crippen molar-refractivity contribution in [3.05, 3.63) is 29.6 Å². The predicted octanol–water partition coefficient (Wildman–Crippen LogP) is 1.72. The fraction of sp³-hybridized carbons (Fsp3) is 0.571. The molecule has 0 radical (unpaired) electrons. The van der Waals surface area contributed by atoms with Gasteiger partial charge in [-0.3, -0.25) is 9.88 Å². The van der Waals surface area contributed by atoms with Crippen LogP contribution >= 0.6 is 12.2 Å². The summed E-state index contributed by atoms with van der Waals surface area (Å²) in [6.45, 7) is 4.98. The molecule has 0 spiro atoms. The Kier molecular flexibility index (Phi) is 4.50. The topological polar surface area (TPSA) is 51.4 Å². The Hall–Kier alpha value is -1.04. The lowest BCUT2D eigenvalue weighted by atomic mass is 9.94. The van der Waals surface area contributed by atoms with Crippen LogP contribution in [0.3, 0.4) is 0 Å². The quantitative estimate of drug-likeness (QED) is 0.851. The van der Waals surface area contributed by atoms with Crippen LogP contribution in [-0.2, 0) is 11.3 Å². The highest BCUT2D eigenvalue weighted by Gasteiger charge is 2.30. The van der Waals surface area contributed by atoms with Gasteiger partial charge in [0.1, 0.15) is 10.7 Å². The molecule has 4 nitrogen and oxygen atoms in total. The van der Waals surface area contributed by atoms with Crippen molar-refractivity contribution in [2.24, 2.45) is 5.73 Å². The minimum absolute atomic E-state index is 0.0517. The van der Waals surface area contributed by atoms with Gasteiger partial charge in [-0.2, -0.15) is 0 Å². The van der Waals surface area contributed by atoms with E-state index < -0.39 is 0 Å². The SMILES string of the molecule is COC1(C)CCCN(Cc2cccnc2C(N)=S)C1. The largest absolute Gasteiger partial charge is 0.388 e. The Bertz CT molecular complexity index is 466. The third-order valence-corrected chi connectivity index (χ3v) is 3.94. The second-order valence-electron chi connectivity index (χ2n) is 5.34. The molecule has 1 saturated heterocycles. The number of aromatic nitrogens is 1. The Morgan fingerprint density at radius 2 is 2.42 bits per heavy atom. The van der Waals surface area contributed by atoms with Gasteiger partial charge in [0, 0.05) is 26.4 Å². The normalized spacial score (nSPS) is 24.3. The van der Waals surface area contributed by atoms with Gasteiger partial charge in [-0.25, -0.2) is 0 Å². The number of hydrogen-bond acceptors (Lipinski definition) is 4. The Labute approximate surface area is 120 Å². The fourth-order valence-corrected chi connectivity index (χ4v) is 2.82. The maximum atomic E-state index is 5.72. The number of rotatable bonds is 4. The summed E-state index contributed by atoms with van der Waals surface area (Å²) in [5, 5.41) is 0. The average Bonchev–Trinajstić information content (AvgIpc) is 2.39. The number of methoxy groups -OCH3 is 1. The van der Waals surface area contributed by atoms with E-state index in [1.165, 1.54) is 0 Å². The molecule has 2 heterocycles. The van der Waals surface area contributed by atoms with Crippen LogP contribution in [-0.4, -0.2) is 40.7 Å². The maximum absolute atomic E-state index is 5.72. The second-order valence-corrected chi connectivity index (χ2v) is 5.78. The van der Waals surface area contributed by atoms with Gasteiger partial charge in [-0.15, -0.1) is 0 Å². The van der Waals surface area contributed by atoms with E-state index in [9.17, 15) is 0 Å².